The van der Waals surface area contributed by atoms with Crippen LogP contribution in [0.25, 0.3) is 0 Å². The molecule has 2 aromatic rings. The molecule has 0 fully saturated rings. The zero-order chi connectivity index (χ0) is 14.7. The van der Waals surface area contributed by atoms with E-state index in [0.29, 0.717) is 22.8 Å². The van der Waals surface area contributed by atoms with Gasteiger partial charge in [-0.15, -0.1) is 0 Å². The fraction of sp³-hybridized carbons (Fsp3) is 0.188. The molecule has 0 aliphatic heterocycles. The third-order valence-corrected chi connectivity index (χ3v) is 3.33. The van der Waals surface area contributed by atoms with Crippen LogP contribution in [-0.4, -0.2) is 17.9 Å². The third-order valence-electron chi connectivity index (χ3n) is 3.09. The van der Waals surface area contributed by atoms with E-state index in [2.05, 4.69) is 0 Å². The fourth-order valence-electron chi connectivity index (χ4n) is 2.06. The van der Waals surface area contributed by atoms with Crippen LogP contribution in [0.1, 0.15) is 21.5 Å². The van der Waals surface area contributed by atoms with Gasteiger partial charge in [-0.2, -0.15) is 0 Å². The number of rotatable bonds is 3. The maximum atomic E-state index is 12.4. The van der Waals surface area contributed by atoms with Crippen LogP contribution in [0.3, 0.4) is 0 Å². The highest BCUT2D eigenvalue weighted by Gasteiger charge is 2.14. The number of hydrogen-bond acceptors (Lipinski definition) is 2. The molecule has 0 spiro atoms. The number of nitrogen functional groups attached to an aromatic ring is 1. The van der Waals surface area contributed by atoms with E-state index in [9.17, 15) is 4.79 Å². The molecule has 2 aromatic carbocycles. The number of carbonyl (C=O) groups is 1. The molecular weight excluding hydrogens is 272 g/mol. The van der Waals surface area contributed by atoms with Gasteiger partial charge in [0.1, 0.15) is 0 Å². The number of carbonyl (C=O) groups excluding carboxylic acids is 1. The number of amides is 1. The summed E-state index contributed by atoms with van der Waals surface area (Å²) >= 11 is 5.94. The Morgan fingerprint density at radius 3 is 2.65 bits per heavy atom. The molecule has 4 heteroatoms. The van der Waals surface area contributed by atoms with Gasteiger partial charge in [-0.05, 0) is 42.3 Å². The Balaban J connectivity index is 2.16. The molecule has 104 valence electrons. The molecule has 0 saturated carbocycles. The standard InChI is InChI=1S/C16H17ClN2O/c1-11-6-7-14(15(18)8-11)16(20)19(2)10-12-4-3-5-13(17)9-12/h3-9H,10,18H2,1-2H3. The van der Waals surface area contributed by atoms with Gasteiger partial charge in [0.05, 0.1) is 5.56 Å². The summed E-state index contributed by atoms with van der Waals surface area (Å²) < 4.78 is 0. The van der Waals surface area contributed by atoms with Crippen molar-refractivity contribution in [3.8, 4) is 0 Å². The summed E-state index contributed by atoms with van der Waals surface area (Å²) in [4.78, 5) is 14.0. The Hall–Kier alpha value is -2.00. The van der Waals surface area contributed by atoms with Gasteiger partial charge < -0.3 is 10.6 Å². The van der Waals surface area contributed by atoms with Crippen molar-refractivity contribution in [3.63, 3.8) is 0 Å². The molecule has 2 rings (SSSR count). The molecule has 0 unspecified atom stereocenters. The second kappa shape index (κ2) is 5.97. The lowest BCUT2D eigenvalue weighted by Gasteiger charge is -2.18. The first-order valence-electron chi connectivity index (χ1n) is 6.33. The number of halogens is 1. The van der Waals surface area contributed by atoms with Gasteiger partial charge in [0.2, 0.25) is 0 Å². The molecule has 0 heterocycles. The average Bonchev–Trinajstić information content (AvgIpc) is 2.38. The Labute approximate surface area is 124 Å². The normalized spacial score (nSPS) is 10.3. The van der Waals surface area contributed by atoms with Crippen molar-refractivity contribution in [3.05, 3.63) is 64.2 Å². The molecule has 0 aliphatic rings. The Morgan fingerprint density at radius 1 is 1.25 bits per heavy atom. The minimum atomic E-state index is -0.0949. The van der Waals surface area contributed by atoms with E-state index in [1.165, 1.54) is 0 Å². The smallest absolute Gasteiger partial charge is 0.255 e. The Morgan fingerprint density at radius 2 is 2.00 bits per heavy atom. The lowest BCUT2D eigenvalue weighted by molar-refractivity contribution is 0.0786. The van der Waals surface area contributed by atoms with E-state index in [1.807, 2.05) is 37.3 Å². The van der Waals surface area contributed by atoms with Crippen molar-refractivity contribution in [2.45, 2.75) is 13.5 Å². The molecule has 0 aromatic heterocycles. The van der Waals surface area contributed by atoms with Crippen LogP contribution in [-0.2, 0) is 6.54 Å². The number of aryl methyl sites for hydroxylation is 1. The summed E-state index contributed by atoms with van der Waals surface area (Å²) in [6.07, 6.45) is 0. The highest BCUT2D eigenvalue weighted by Crippen LogP contribution is 2.18. The lowest BCUT2D eigenvalue weighted by Crippen LogP contribution is -2.27. The first kappa shape index (κ1) is 14.4. The summed E-state index contributed by atoms with van der Waals surface area (Å²) in [5.74, 6) is -0.0949. The zero-order valence-corrected chi connectivity index (χ0v) is 12.3. The van der Waals surface area contributed by atoms with Crippen LogP contribution in [0.5, 0.6) is 0 Å². The molecule has 2 N–H and O–H groups in total. The first-order valence-corrected chi connectivity index (χ1v) is 6.71. The van der Waals surface area contributed by atoms with Crippen LogP contribution in [0.4, 0.5) is 5.69 Å². The summed E-state index contributed by atoms with van der Waals surface area (Å²) in [5, 5.41) is 0.665. The molecule has 0 aliphatic carbocycles. The van der Waals surface area contributed by atoms with Crippen molar-refractivity contribution >= 4 is 23.2 Å². The molecule has 0 saturated heterocycles. The largest absolute Gasteiger partial charge is 0.398 e. The number of anilines is 1. The average molecular weight is 289 g/mol. The van der Waals surface area contributed by atoms with E-state index in [-0.39, 0.29) is 5.91 Å². The van der Waals surface area contributed by atoms with E-state index in [1.54, 1.807) is 24.1 Å². The maximum Gasteiger partial charge on any atom is 0.255 e. The third kappa shape index (κ3) is 3.31. The second-order valence-corrected chi connectivity index (χ2v) is 5.32. The fourth-order valence-corrected chi connectivity index (χ4v) is 2.28. The van der Waals surface area contributed by atoms with Crippen molar-refractivity contribution in [1.82, 2.24) is 4.90 Å². The predicted octanol–water partition coefficient (Wildman–Crippen LogP) is 3.50. The monoisotopic (exact) mass is 288 g/mol. The van der Waals surface area contributed by atoms with Crippen LogP contribution in [0.15, 0.2) is 42.5 Å². The van der Waals surface area contributed by atoms with E-state index in [0.717, 1.165) is 11.1 Å². The lowest BCUT2D eigenvalue weighted by atomic mass is 10.1. The van der Waals surface area contributed by atoms with Gasteiger partial charge >= 0.3 is 0 Å². The van der Waals surface area contributed by atoms with E-state index < -0.39 is 0 Å². The quantitative estimate of drug-likeness (QED) is 0.879. The maximum absolute atomic E-state index is 12.4. The summed E-state index contributed by atoms with van der Waals surface area (Å²) in [6.45, 7) is 2.44. The minimum absolute atomic E-state index is 0.0949. The van der Waals surface area contributed by atoms with Gasteiger partial charge in [-0.25, -0.2) is 0 Å². The molecule has 1 amide bonds. The Bertz CT molecular complexity index is 640. The minimum Gasteiger partial charge on any atom is -0.398 e. The SMILES string of the molecule is Cc1ccc(C(=O)N(C)Cc2cccc(Cl)c2)c(N)c1. The summed E-state index contributed by atoms with van der Waals surface area (Å²) in [6, 6.07) is 12.9. The van der Waals surface area contributed by atoms with Crippen molar-refractivity contribution in [2.24, 2.45) is 0 Å². The highest BCUT2D eigenvalue weighted by molar-refractivity contribution is 6.30. The van der Waals surface area contributed by atoms with Gasteiger partial charge in [-0.1, -0.05) is 29.8 Å². The zero-order valence-electron chi connectivity index (χ0n) is 11.6. The predicted molar refractivity (Wildman–Crippen MR) is 82.8 cm³/mol. The summed E-state index contributed by atoms with van der Waals surface area (Å²) in [5.41, 5.74) is 8.97. The van der Waals surface area contributed by atoms with Gasteiger partial charge in [-0.3, -0.25) is 4.79 Å². The van der Waals surface area contributed by atoms with E-state index >= 15 is 0 Å². The summed E-state index contributed by atoms with van der Waals surface area (Å²) in [7, 11) is 1.75. The van der Waals surface area contributed by atoms with Crippen LogP contribution < -0.4 is 5.73 Å². The van der Waals surface area contributed by atoms with Gasteiger partial charge in [0.15, 0.2) is 0 Å². The molecule has 0 bridgehead atoms. The molecule has 20 heavy (non-hydrogen) atoms. The topological polar surface area (TPSA) is 46.3 Å². The number of benzene rings is 2. The van der Waals surface area contributed by atoms with Crippen LogP contribution in [0, 0.1) is 6.92 Å². The second-order valence-electron chi connectivity index (χ2n) is 4.88. The van der Waals surface area contributed by atoms with Crippen molar-refractivity contribution in [1.29, 1.82) is 0 Å². The van der Waals surface area contributed by atoms with Crippen molar-refractivity contribution in [2.75, 3.05) is 12.8 Å². The number of nitrogens with two attached hydrogens (primary N) is 1. The highest BCUT2D eigenvalue weighted by atomic mass is 35.5. The Kier molecular flexibility index (Phi) is 4.30. The van der Waals surface area contributed by atoms with Crippen LogP contribution in [0.2, 0.25) is 5.02 Å². The van der Waals surface area contributed by atoms with Crippen LogP contribution >= 0.6 is 11.6 Å². The van der Waals surface area contributed by atoms with Crippen molar-refractivity contribution < 1.29 is 4.79 Å². The van der Waals surface area contributed by atoms with Gasteiger partial charge in [0, 0.05) is 24.3 Å². The molecule has 0 radical (unpaired) electrons. The molecular formula is C16H17ClN2O. The number of nitrogens with zero attached hydrogens (tertiary/aromatic N) is 1. The molecule has 0 atom stereocenters. The number of hydrogen-bond donors (Lipinski definition) is 1. The van der Waals surface area contributed by atoms with Gasteiger partial charge in [0.25, 0.3) is 5.91 Å². The first-order chi connectivity index (χ1) is 9.47. The molecule has 3 nitrogen and oxygen atoms in total. The van der Waals surface area contributed by atoms with E-state index in [4.69, 9.17) is 17.3 Å².